The number of anilines is 1. The van der Waals surface area contributed by atoms with E-state index in [0.29, 0.717) is 31.9 Å². The summed E-state index contributed by atoms with van der Waals surface area (Å²) in [5.41, 5.74) is 5.80. The number of nitrogens with two attached hydrogens (primary N) is 1. The predicted octanol–water partition coefficient (Wildman–Crippen LogP) is -1.17. The Labute approximate surface area is 103 Å². The molecule has 0 aromatic carbocycles. The van der Waals surface area contributed by atoms with Gasteiger partial charge in [-0.05, 0) is 0 Å². The molecular formula is C10H16N6O2. The van der Waals surface area contributed by atoms with Crippen molar-refractivity contribution in [3.8, 4) is 0 Å². The maximum atomic E-state index is 11.3. The zero-order valence-electron chi connectivity index (χ0n) is 10.2. The van der Waals surface area contributed by atoms with Crippen LogP contribution >= 0.6 is 0 Å². The number of H-pyrrole nitrogens is 1. The van der Waals surface area contributed by atoms with Gasteiger partial charge in [0, 0.05) is 32.8 Å². The lowest BCUT2D eigenvalue weighted by molar-refractivity contribution is 0.205. The highest BCUT2D eigenvalue weighted by molar-refractivity contribution is 5.50. The summed E-state index contributed by atoms with van der Waals surface area (Å²) in [6.07, 6.45) is 1.45. The van der Waals surface area contributed by atoms with E-state index in [-0.39, 0.29) is 5.69 Å². The first-order valence-corrected chi connectivity index (χ1v) is 5.63. The monoisotopic (exact) mass is 252 g/mol. The molecule has 8 nitrogen and oxygen atoms in total. The molecular weight excluding hydrogens is 236 g/mol. The van der Waals surface area contributed by atoms with Crippen LogP contribution in [0.5, 0.6) is 0 Å². The van der Waals surface area contributed by atoms with E-state index in [1.165, 1.54) is 10.7 Å². The zero-order chi connectivity index (χ0) is 13.0. The zero-order valence-corrected chi connectivity index (χ0v) is 10.2. The molecule has 2 heterocycles. The highest BCUT2D eigenvalue weighted by Crippen LogP contribution is 2.10. The molecule has 2 aromatic heterocycles. The van der Waals surface area contributed by atoms with Crippen molar-refractivity contribution in [2.75, 3.05) is 38.3 Å². The van der Waals surface area contributed by atoms with Crippen molar-refractivity contribution in [2.45, 2.75) is 0 Å². The minimum atomic E-state index is -0.300. The molecule has 0 atom stereocenters. The first kappa shape index (κ1) is 12.5. The van der Waals surface area contributed by atoms with Crippen LogP contribution in [0.15, 0.2) is 17.2 Å². The average Bonchev–Trinajstić information content (AvgIpc) is 2.76. The first-order chi connectivity index (χ1) is 8.76. The van der Waals surface area contributed by atoms with E-state index in [1.54, 1.807) is 13.2 Å². The third kappa shape index (κ3) is 2.49. The van der Waals surface area contributed by atoms with Gasteiger partial charge in [0.05, 0.1) is 6.61 Å². The summed E-state index contributed by atoms with van der Waals surface area (Å²) < 4.78 is 6.39. The molecule has 0 bridgehead atoms. The third-order valence-electron chi connectivity index (χ3n) is 2.58. The van der Waals surface area contributed by atoms with Crippen LogP contribution in [-0.2, 0) is 4.74 Å². The Hall–Kier alpha value is -1.93. The molecule has 18 heavy (non-hydrogen) atoms. The lowest BCUT2D eigenvalue weighted by Crippen LogP contribution is -2.33. The predicted molar refractivity (Wildman–Crippen MR) is 66.8 cm³/mol. The first-order valence-electron chi connectivity index (χ1n) is 5.63. The molecule has 0 unspecified atom stereocenters. The minimum absolute atomic E-state index is 0.300. The fourth-order valence-electron chi connectivity index (χ4n) is 1.67. The van der Waals surface area contributed by atoms with Crippen LogP contribution in [0.4, 0.5) is 5.82 Å². The van der Waals surface area contributed by atoms with E-state index >= 15 is 0 Å². The molecule has 0 aliphatic rings. The summed E-state index contributed by atoms with van der Waals surface area (Å²) in [6.45, 7) is 2.46. The molecule has 98 valence electrons. The lowest BCUT2D eigenvalue weighted by Gasteiger charge is -2.22. The van der Waals surface area contributed by atoms with E-state index < -0.39 is 0 Å². The molecule has 0 fully saturated rings. The molecule has 0 saturated carbocycles. The summed E-state index contributed by atoms with van der Waals surface area (Å²) in [5.74, 6) is 0.726. The second-order valence-corrected chi connectivity index (χ2v) is 3.77. The number of methoxy groups -OCH3 is 1. The van der Waals surface area contributed by atoms with Crippen LogP contribution in [0.2, 0.25) is 0 Å². The number of hydrogen-bond donors (Lipinski definition) is 2. The van der Waals surface area contributed by atoms with Crippen molar-refractivity contribution < 1.29 is 4.74 Å². The van der Waals surface area contributed by atoms with Gasteiger partial charge in [0.15, 0.2) is 5.65 Å². The Balaban J connectivity index is 2.28. The molecule has 0 aliphatic carbocycles. The highest BCUT2D eigenvalue weighted by Gasteiger charge is 2.09. The van der Waals surface area contributed by atoms with Crippen LogP contribution in [0.25, 0.3) is 5.65 Å². The van der Waals surface area contributed by atoms with Crippen molar-refractivity contribution in [1.29, 1.82) is 0 Å². The van der Waals surface area contributed by atoms with Gasteiger partial charge in [-0.1, -0.05) is 0 Å². The number of rotatable bonds is 6. The second-order valence-electron chi connectivity index (χ2n) is 3.77. The Morgan fingerprint density at radius 2 is 2.39 bits per heavy atom. The molecule has 2 aromatic rings. The molecule has 3 N–H and O–H groups in total. The fraction of sp³-hybridized carbons (Fsp3) is 0.500. The molecule has 0 radical (unpaired) electrons. The number of fused-ring (bicyclic) bond motifs is 1. The second kappa shape index (κ2) is 5.61. The SMILES string of the molecule is COCCN(CCN)c1cc2n[nH]c(=O)n2cn1. The standard InChI is InChI=1S/C10H16N6O2/c1-18-5-4-15(3-2-11)8-6-9-13-14-10(17)16(9)7-12-8/h6-7H,2-5,11H2,1H3,(H,14,17). The lowest BCUT2D eigenvalue weighted by atomic mass is 10.4. The Morgan fingerprint density at radius 3 is 3.11 bits per heavy atom. The van der Waals surface area contributed by atoms with Crippen molar-refractivity contribution in [3.63, 3.8) is 0 Å². The Kier molecular flexibility index (Phi) is 3.90. The summed E-state index contributed by atoms with van der Waals surface area (Å²) in [6, 6.07) is 1.74. The van der Waals surface area contributed by atoms with Gasteiger partial charge in [0.1, 0.15) is 12.1 Å². The van der Waals surface area contributed by atoms with Crippen molar-refractivity contribution in [1.82, 2.24) is 19.6 Å². The van der Waals surface area contributed by atoms with Crippen LogP contribution in [0, 0.1) is 0 Å². The highest BCUT2D eigenvalue weighted by atomic mass is 16.5. The number of ether oxygens (including phenoxy) is 1. The van der Waals surface area contributed by atoms with E-state index in [4.69, 9.17) is 10.5 Å². The minimum Gasteiger partial charge on any atom is -0.383 e. The van der Waals surface area contributed by atoms with Gasteiger partial charge in [-0.3, -0.25) is 0 Å². The van der Waals surface area contributed by atoms with Crippen LogP contribution < -0.4 is 16.3 Å². The van der Waals surface area contributed by atoms with Crippen molar-refractivity contribution in [3.05, 3.63) is 22.9 Å². The van der Waals surface area contributed by atoms with Crippen molar-refractivity contribution >= 4 is 11.5 Å². The summed E-state index contributed by atoms with van der Waals surface area (Å²) in [7, 11) is 1.64. The number of nitrogens with zero attached hydrogens (tertiary/aromatic N) is 4. The summed E-state index contributed by atoms with van der Waals surface area (Å²) in [5, 5.41) is 6.27. The third-order valence-corrected chi connectivity index (χ3v) is 2.58. The number of aromatic nitrogens is 4. The van der Waals surface area contributed by atoms with Gasteiger partial charge in [-0.15, -0.1) is 0 Å². The van der Waals surface area contributed by atoms with E-state index in [0.717, 1.165) is 5.82 Å². The molecule has 2 rings (SSSR count). The summed E-state index contributed by atoms with van der Waals surface area (Å²) >= 11 is 0. The molecule has 0 amide bonds. The van der Waals surface area contributed by atoms with Crippen LogP contribution in [0.1, 0.15) is 0 Å². The average molecular weight is 252 g/mol. The Morgan fingerprint density at radius 1 is 1.56 bits per heavy atom. The van der Waals surface area contributed by atoms with E-state index in [9.17, 15) is 4.79 Å². The van der Waals surface area contributed by atoms with Gasteiger partial charge < -0.3 is 15.4 Å². The smallest absolute Gasteiger partial charge is 0.348 e. The van der Waals surface area contributed by atoms with Crippen LogP contribution in [0.3, 0.4) is 0 Å². The van der Waals surface area contributed by atoms with Crippen LogP contribution in [-0.4, -0.2) is 52.9 Å². The van der Waals surface area contributed by atoms with Gasteiger partial charge in [0.2, 0.25) is 0 Å². The summed E-state index contributed by atoms with van der Waals surface area (Å²) in [4.78, 5) is 17.5. The van der Waals surface area contributed by atoms with Gasteiger partial charge >= 0.3 is 5.69 Å². The van der Waals surface area contributed by atoms with Crippen molar-refractivity contribution in [2.24, 2.45) is 5.73 Å². The molecule has 0 spiro atoms. The number of nitrogens with one attached hydrogen (secondary N) is 1. The van der Waals surface area contributed by atoms with Gasteiger partial charge in [-0.25, -0.2) is 19.3 Å². The van der Waals surface area contributed by atoms with E-state index in [1.807, 2.05) is 4.90 Å². The molecule has 8 heteroatoms. The van der Waals surface area contributed by atoms with Gasteiger partial charge in [-0.2, -0.15) is 5.10 Å². The maximum absolute atomic E-state index is 11.3. The van der Waals surface area contributed by atoms with E-state index in [2.05, 4.69) is 15.2 Å². The maximum Gasteiger partial charge on any atom is 0.348 e. The topological polar surface area (TPSA) is 102 Å². The fourth-order valence-corrected chi connectivity index (χ4v) is 1.67. The Bertz CT molecular complexity index is 563. The number of hydrogen-bond acceptors (Lipinski definition) is 6. The normalized spacial score (nSPS) is 11.0. The molecule has 0 saturated heterocycles. The number of aromatic amines is 1. The largest absolute Gasteiger partial charge is 0.383 e. The quantitative estimate of drug-likeness (QED) is 0.671. The molecule has 0 aliphatic heterocycles. The van der Waals surface area contributed by atoms with Gasteiger partial charge in [0.25, 0.3) is 0 Å².